The number of nitrogens with zero attached hydrogens (tertiary/aromatic N) is 1. The Hall–Kier alpha value is -0.570. The molecule has 4 aliphatic carbocycles. The topological polar surface area (TPSA) is 40.5 Å². The highest BCUT2D eigenvalue weighted by Crippen LogP contribution is 2.61. The van der Waals surface area contributed by atoms with E-state index in [4.69, 9.17) is 0 Å². The monoisotopic (exact) mass is 291 g/mol. The molecule has 1 atom stereocenters. The Bertz CT molecular complexity index is 407. The molecule has 5 fully saturated rings. The fraction of sp³-hybridized carbons (Fsp3) is 0.944. The molecule has 0 aromatic carbocycles. The second-order valence-electron chi connectivity index (χ2n) is 9.01. The SMILES string of the molecule is CC1(O)CCCN(C(=O)CC23CC4CC(CC(C4)C2)C3)C1. The van der Waals surface area contributed by atoms with Crippen LogP contribution >= 0.6 is 0 Å². The average molecular weight is 291 g/mol. The fourth-order valence-electron chi connectivity index (χ4n) is 6.37. The number of piperidine rings is 1. The average Bonchev–Trinajstić information content (AvgIpc) is 2.35. The molecule has 4 saturated carbocycles. The molecule has 1 heterocycles. The van der Waals surface area contributed by atoms with Gasteiger partial charge in [-0.2, -0.15) is 0 Å². The van der Waals surface area contributed by atoms with Crippen LogP contribution in [0.4, 0.5) is 0 Å². The minimum atomic E-state index is -0.671. The van der Waals surface area contributed by atoms with Gasteiger partial charge in [0.1, 0.15) is 0 Å². The van der Waals surface area contributed by atoms with Gasteiger partial charge in [0.05, 0.1) is 5.60 Å². The smallest absolute Gasteiger partial charge is 0.223 e. The van der Waals surface area contributed by atoms with Crippen molar-refractivity contribution in [1.29, 1.82) is 0 Å². The first kappa shape index (κ1) is 14.0. The van der Waals surface area contributed by atoms with E-state index in [1.54, 1.807) is 0 Å². The van der Waals surface area contributed by atoms with Crippen molar-refractivity contribution < 1.29 is 9.90 Å². The third-order valence-corrected chi connectivity index (χ3v) is 6.72. The van der Waals surface area contributed by atoms with Gasteiger partial charge in [-0.15, -0.1) is 0 Å². The molecule has 1 N–H and O–H groups in total. The van der Waals surface area contributed by atoms with Crippen LogP contribution in [0.2, 0.25) is 0 Å². The molecular weight excluding hydrogens is 262 g/mol. The second kappa shape index (κ2) is 4.71. The summed E-state index contributed by atoms with van der Waals surface area (Å²) >= 11 is 0. The third-order valence-electron chi connectivity index (χ3n) is 6.72. The minimum absolute atomic E-state index is 0.317. The van der Waals surface area contributed by atoms with Crippen molar-refractivity contribution in [2.75, 3.05) is 13.1 Å². The van der Waals surface area contributed by atoms with E-state index < -0.39 is 5.60 Å². The first-order valence-electron chi connectivity index (χ1n) is 8.93. The molecule has 1 aliphatic heterocycles. The van der Waals surface area contributed by atoms with Gasteiger partial charge in [0, 0.05) is 19.5 Å². The molecule has 1 saturated heterocycles. The summed E-state index contributed by atoms with van der Waals surface area (Å²) in [6.45, 7) is 3.26. The molecule has 3 heteroatoms. The number of β-amino-alcohol motifs (C(OH)–C–C–N with tert-alkyl or cyclic N) is 1. The van der Waals surface area contributed by atoms with Crippen LogP contribution in [0.5, 0.6) is 0 Å². The molecule has 118 valence electrons. The van der Waals surface area contributed by atoms with Crippen molar-refractivity contribution in [3.8, 4) is 0 Å². The zero-order valence-corrected chi connectivity index (χ0v) is 13.3. The van der Waals surface area contributed by atoms with Crippen molar-refractivity contribution in [2.45, 2.75) is 70.3 Å². The van der Waals surface area contributed by atoms with Gasteiger partial charge in [-0.25, -0.2) is 0 Å². The fourth-order valence-corrected chi connectivity index (χ4v) is 6.37. The number of hydrogen-bond donors (Lipinski definition) is 1. The number of amides is 1. The summed E-state index contributed by atoms with van der Waals surface area (Å²) in [5, 5.41) is 10.2. The Morgan fingerprint density at radius 1 is 1.14 bits per heavy atom. The highest BCUT2D eigenvalue weighted by molar-refractivity contribution is 5.77. The lowest BCUT2D eigenvalue weighted by Crippen LogP contribution is -2.52. The zero-order valence-electron chi connectivity index (χ0n) is 13.3. The number of carbonyl (C=O) groups excluding carboxylic acids is 1. The third kappa shape index (κ3) is 2.62. The summed E-state index contributed by atoms with van der Waals surface area (Å²) < 4.78 is 0. The van der Waals surface area contributed by atoms with Crippen molar-refractivity contribution in [1.82, 2.24) is 4.90 Å². The van der Waals surface area contributed by atoms with E-state index in [1.807, 2.05) is 11.8 Å². The maximum absolute atomic E-state index is 12.8. The Balaban J connectivity index is 1.45. The molecule has 0 spiro atoms. The molecule has 0 aromatic rings. The van der Waals surface area contributed by atoms with E-state index in [-0.39, 0.29) is 0 Å². The van der Waals surface area contributed by atoms with Crippen molar-refractivity contribution in [3.63, 3.8) is 0 Å². The quantitative estimate of drug-likeness (QED) is 0.849. The maximum atomic E-state index is 12.8. The summed E-state index contributed by atoms with van der Waals surface area (Å²) in [6.07, 6.45) is 10.7. The normalized spacial score (nSPS) is 48.7. The number of carbonyl (C=O) groups is 1. The molecule has 0 aromatic heterocycles. The summed E-state index contributed by atoms with van der Waals surface area (Å²) in [7, 11) is 0. The van der Waals surface area contributed by atoms with Crippen LogP contribution in [0.25, 0.3) is 0 Å². The van der Waals surface area contributed by atoms with E-state index in [1.165, 1.54) is 38.5 Å². The molecule has 21 heavy (non-hydrogen) atoms. The molecule has 4 bridgehead atoms. The lowest BCUT2D eigenvalue weighted by Gasteiger charge is -2.57. The Morgan fingerprint density at radius 3 is 2.24 bits per heavy atom. The minimum Gasteiger partial charge on any atom is -0.388 e. The van der Waals surface area contributed by atoms with Gasteiger partial charge in [0.15, 0.2) is 0 Å². The first-order chi connectivity index (χ1) is 9.93. The van der Waals surface area contributed by atoms with E-state index >= 15 is 0 Å². The van der Waals surface area contributed by atoms with Crippen LogP contribution in [0.15, 0.2) is 0 Å². The molecule has 1 amide bonds. The number of rotatable bonds is 2. The van der Waals surface area contributed by atoms with Gasteiger partial charge in [0.25, 0.3) is 0 Å². The van der Waals surface area contributed by atoms with Crippen LogP contribution in [0.3, 0.4) is 0 Å². The van der Waals surface area contributed by atoms with Crippen molar-refractivity contribution >= 4 is 5.91 Å². The zero-order chi connectivity index (χ0) is 14.7. The van der Waals surface area contributed by atoms with Gasteiger partial charge in [0.2, 0.25) is 5.91 Å². The molecule has 1 unspecified atom stereocenters. The molecule has 3 nitrogen and oxygen atoms in total. The highest BCUT2D eigenvalue weighted by atomic mass is 16.3. The van der Waals surface area contributed by atoms with E-state index in [9.17, 15) is 9.90 Å². The molecule has 0 radical (unpaired) electrons. The Kier molecular flexibility index (Phi) is 3.15. The van der Waals surface area contributed by atoms with E-state index in [0.717, 1.165) is 43.6 Å². The van der Waals surface area contributed by atoms with Crippen LogP contribution in [-0.2, 0) is 4.79 Å². The van der Waals surface area contributed by atoms with Crippen LogP contribution in [-0.4, -0.2) is 34.6 Å². The number of aliphatic hydroxyl groups is 1. The number of likely N-dealkylation sites (tertiary alicyclic amines) is 1. The van der Waals surface area contributed by atoms with Gasteiger partial charge in [-0.05, 0) is 81.5 Å². The lowest BCUT2D eigenvalue weighted by molar-refractivity contribution is -0.145. The van der Waals surface area contributed by atoms with Gasteiger partial charge in [-0.3, -0.25) is 4.79 Å². The lowest BCUT2D eigenvalue weighted by atomic mass is 9.49. The standard InChI is InChI=1S/C18H29NO2/c1-17(21)3-2-4-19(12-17)16(20)11-18-8-13-5-14(9-18)7-15(6-13)10-18/h13-15,21H,2-12H2,1H3. The number of hydrogen-bond acceptors (Lipinski definition) is 2. The second-order valence-corrected chi connectivity index (χ2v) is 9.01. The van der Waals surface area contributed by atoms with E-state index in [2.05, 4.69) is 0 Å². The summed E-state index contributed by atoms with van der Waals surface area (Å²) in [5.74, 6) is 3.05. The predicted octanol–water partition coefficient (Wildman–Crippen LogP) is 2.97. The van der Waals surface area contributed by atoms with Gasteiger partial charge >= 0.3 is 0 Å². The van der Waals surface area contributed by atoms with Crippen molar-refractivity contribution in [3.05, 3.63) is 0 Å². The predicted molar refractivity (Wildman–Crippen MR) is 81.7 cm³/mol. The van der Waals surface area contributed by atoms with Gasteiger partial charge in [-0.1, -0.05) is 0 Å². The first-order valence-corrected chi connectivity index (χ1v) is 8.93. The van der Waals surface area contributed by atoms with E-state index in [0.29, 0.717) is 17.9 Å². The Labute approximate surface area is 128 Å². The highest BCUT2D eigenvalue weighted by Gasteiger charge is 2.52. The molecular formula is C18H29NO2. The maximum Gasteiger partial charge on any atom is 0.223 e. The van der Waals surface area contributed by atoms with Gasteiger partial charge < -0.3 is 10.0 Å². The Morgan fingerprint density at radius 2 is 1.71 bits per heavy atom. The molecule has 5 rings (SSSR count). The van der Waals surface area contributed by atoms with Crippen LogP contribution in [0.1, 0.15) is 64.7 Å². The summed E-state index contributed by atoms with van der Waals surface area (Å²) in [6, 6.07) is 0. The van der Waals surface area contributed by atoms with Crippen molar-refractivity contribution in [2.24, 2.45) is 23.2 Å². The summed E-state index contributed by atoms with van der Waals surface area (Å²) in [5.41, 5.74) is -0.343. The summed E-state index contributed by atoms with van der Waals surface area (Å²) in [4.78, 5) is 14.7. The van der Waals surface area contributed by atoms with Crippen LogP contribution < -0.4 is 0 Å². The van der Waals surface area contributed by atoms with Crippen LogP contribution in [0, 0.1) is 23.2 Å². The molecule has 5 aliphatic rings. The largest absolute Gasteiger partial charge is 0.388 e.